The molecule has 0 aliphatic heterocycles. The fourth-order valence-corrected chi connectivity index (χ4v) is 6.45. The molecule has 0 N–H and O–H groups in total. The third-order valence-corrected chi connectivity index (χ3v) is 9.17. The van der Waals surface area contributed by atoms with Gasteiger partial charge in [-0.15, -0.1) is 9.24 Å². The molecular weight excluding hydrogens is 502 g/mol. The van der Waals surface area contributed by atoms with E-state index in [4.69, 9.17) is 0 Å². The Labute approximate surface area is 239 Å². The molecule has 0 bridgehead atoms. The molecule has 0 saturated carbocycles. The van der Waals surface area contributed by atoms with E-state index in [-0.39, 0.29) is 0 Å². The van der Waals surface area contributed by atoms with Gasteiger partial charge in [0.2, 0.25) is 0 Å². The molecule has 0 saturated heterocycles. The molecule has 0 nitrogen and oxygen atoms in total. The van der Waals surface area contributed by atoms with Crippen LogP contribution in [0.4, 0.5) is 17.3 Å². The quantitative estimate of drug-likeness (QED) is 0.0399. The van der Waals surface area contributed by atoms with Crippen LogP contribution >= 0.6 is 9.24 Å². The van der Waals surface area contributed by atoms with E-state index in [0.29, 0.717) is 5.16 Å². The average Bonchev–Trinajstić information content (AvgIpc) is 2.86. The van der Waals surface area contributed by atoms with Gasteiger partial charge >= 0.3 is 7.25 Å². The van der Waals surface area contributed by atoms with Crippen molar-refractivity contribution in [2.24, 2.45) is 5.92 Å². The standard InChI is InChI=1S/C32H67P.BF4/c1-5-9-13-17-18-19-20-21-22-24-28-31(27-23-14-10-6-2)32(33,29-25-15-11-7-3)30-26-16-12-8-4;2-1(3,4)5/h31H,5-30,33H2,1-4H3;/q;-1. The van der Waals surface area contributed by atoms with Gasteiger partial charge in [0, 0.05) is 0 Å². The number of unbranched alkanes of at least 4 members (excludes halogenated alkanes) is 18. The summed E-state index contributed by atoms with van der Waals surface area (Å²) in [4.78, 5) is 0. The highest BCUT2D eigenvalue weighted by Gasteiger charge is 2.32. The second-order valence-corrected chi connectivity index (χ2v) is 13.0. The van der Waals surface area contributed by atoms with Crippen molar-refractivity contribution < 1.29 is 17.3 Å². The van der Waals surface area contributed by atoms with Crippen LogP contribution in [-0.2, 0) is 0 Å². The molecule has 0 aliphatic carbocycles. The molecule has 0 aliphatic rings. The molecule has 0 aromatic rings. The van der Waals surface area contributed by atoms with Crippen molar-refractivity contribution in [3.05, 3.63) is 0 Å². The van der Waals surface area contributed by atoms with E-state index in [9.17, 15) is 17.3 Å². The molecule has 38 heavy (non-hydrogen) atoms. The lowest BCUT2D eigenvalue weighted by atomic mass is 9.77. The summed E-state index contributed by atoms with van der Waals surface area (Å²) in [5.74, 6) is 0.941. The van der Waals surface area contributed by atoms with Crippen molar-refractivity contribution in [3.8, 4) is 0 Å². The van der Waals surface area contributed by atoms with Crippen molar-refractivity contribution in [3.63, 3.8) is 0 Å². The second-order valence-electron chi connectivity index (χ2n) is 11.9. The maximum Gasteiger partial charge on any atom is 0.673 e. The molecule has 0 rings (SSSR count). The summed E-state index contributed by atoms with van der Waals surface area (Å²) in [5.41, 5.74) is 0. The van der Waals surface area contributed by atoms with Gasteiger partial charge in [0.05, 0.1) is 0 Å². The summed E-state index contributed by atoms with van der Waals surface area (Å²) >= 11 is 0. The van der Waals surface area contributed by atoms with Crippen LogP contribution in [-0.4, -0.2) is 12.4 Å². The monoisotopic (exact) mass is 570 g/mol. The summed E-state index contributed by atoms with van der Waals surface area (Å²) < 4.78 is 39.0. The van der Waals surface area contributed by atoms with Gasteiger partial charge in [-0.1, -0.05) is 169 Å². The van der Waals surface area contributed by atoms with E-state index in [0.717, 1.165) is 5.92 Å². The average molecular weight is 570 g/mol. The van der Waals surface area contributed by atoms with Crippen LogP contribution in [0.1, 0.15) is 195 Å². The highest BCUT2D eigenvalue weighted by atomic mass is 31.0. The normalized spacial score (nSPS) is 12.9. The van der Waals surface area contributed by atoms with Crippen LogP contribution in [0.2, 0.25) is 0 Å². The van der Waals surface area contributed by atoms with E-state index in [1.165, 1.54) is 167 Å². The highest BCUT2D eigenvalue weighted by molar-refractivity contribution is 7.19. The Morgan fingerprint density at radius 2 is 0.684 bits per heavy atom. The summed E-state index contributed by atoms with van der Waals surface area (Å²) in [6, 6.07) is 0. The first kappa shape index (κ1) is 40.4. The summed E-state index contributed by atoms with van der Waals surface area (Å²) in [6.07, 6.45) is 37.6. The first-order valence-electron chi connectivity index (χ1n) is 16.8. The van der Waals surface area contributed by atoms with Crippen LogP contribution in [0.3, 0.4) is 0 Å². The molecule has 2 unspecified atom stereocenters. The second kappa shape index (κ2) is 28.7. The minimum atomic E-state index is -6.00. The fraction of sp³-hybridized carbons (Fsp3) is 1.00. The first-order valence-corrected chi connectivity index (χ1v) is 17.4. The van der Waals surface area contributed by atoms with Gasteiger partial charge < -0.3 is 17.3 Å². The first-order chi connectivity index (χ1) is 18.1. The largest absolute Gasteiger partial charge is 0.673 e. The van der Waals surface area contributed by atoms with E-state index in [2.05, 4.69) is 36.9 Å². The van der Waals surface area contributed by atoms with Gasteiger partial charge in [-0.05, 0) is 36.8 Å². The summed E-state index contributed by atoms with van der Waals surface area (Å²) in [5, 5.41) is 0.521. The van der Waals surface area contributed by atoms with Crippen molar-refractivity contribution in [2.75, 3.05) is 0 Å². The SMILES string of the molecule is CCCCCCCCCCCCC(CCCCCC)C(P)(CCCCCC)CCCCCC.F[B-](F)(F)F. The van der Waals surface area contributed by atoms with Crippen molar-refractivity contribution in [1.82, 2.24) is 0 Å². The highest BCUT2D eigenvalue weighted by Crippen LogP contribution is 2.44. The van der Waals surface area contributed by atoms with E-state index in [1.54, 1.807) is 0 Å². The smallest absolute Gasteiger partial charge is 0.418 e. The molecule has 0 radical (unpaired) electrons. The maximum atomic E-state index is 9.75. The van der Waals surface area contributed by atoms with E-state index < -0.39 is 7.25 Å². The van der Waals surface area contributed by atoms with Crippen LogP contribution in [0.25, 0.3) is 0 Å². The molecule has 6 heteroatoms. The number of halogens is 4. The maximum absolute atomic E-state index is 9.75. The Kier molecular flexibility index (Phi) is 30.5. The topological polar surface area (TPSA) is 0 Å². The molecule has 0 aromatic carbocycles. The third kappa shape index (κ3) is 30.8. The van der Waals surface area contributed by atoms with E-state index >= 15 is 0 Å². The predicted molar refractivity (Wildman–Crippen MR) is 169 cm³/mol. The van der Waals surface area contributed by atoms with Gasteiger partial charge in [0.1, 0.15) is 0 Å². The molecular formula is C32H67BF4P-. The summed E-state index contributed by atoms with van der Waals surface area (Å²) in [7, 11) is -2.51. The summed E-state index contributed by atoms with van der Waals surface area (Å²) in [6.45, 7) is 9.36. The van der Waals surface area contributed by atoms with E-state index in [1.807, 2.05) is 0 Å². The minimum absolute atomic E-state index is 0.521. The number of rotatable bonds is 27. The van der Waals surface area contributed by atoms with Crippen molar-refractivity contribution in [2.45, 2.75) is 200 Å². The Morgan fingerprint density at radius 1 is 0.447 bits per heavy atom. The van der Waals surface area contributed by atoms with Crippen LogP contribution in [0.5, 0.6) is 0 Å². The van der Waals surface area contributed by atoms with Gasteiger partial charge in [-0.2, -0.15) is 0 Å². The van der Waals surface area contributed by atoms with Crippen molar-refractivity contribution >= 4 is 16.5 Å². The number of hydrogen-bond acceptors (Lipinski definition) is 0. The zero-order valence-corrected chi connectivity index (χ0v) is 27.3. The van der Waals surface area contributed by atoms with Gasteiger partial charge in [0.15, 0.2) is 0 Å². The lowest BCUT2D eigenvalue weighted by Gasteiger charge is -2.39. The molecule has 0 spiro atoms. The molecule has 232 valence electrons. The predicted octanol–water partition coefficient (Wildman–Crippen LogP) is 13.7. The molecule has 0 amide bonds. The lowest BCUT2D eigenvalue weighted by molar-refractivity contribution is 0.270. The Bertz CT molecular complexity index is 441. The van der Waals surface area contributed by atoms with Gasteiger partial charge in [0.25, 0.3) is 0 Å². The number of hydrogen-bond donors (Lipinski definition) is 0. The Balaban J connectivity index is 0. The van der Waals surface area contributed by atoms with Crippen LogP contribution in [0.15, 0.2) is 0 Å². The zero-order chi connectivity index (χ0) is 29.0. The lowest BCUT2D eigenvalue weighted by Crippen LogP contribution is -2.32. The zero-order valence-electron chi connectivity index (χ0n) is 26.1. The van der Waals surface area contributed by atoms with Crippen molar-refractivity contribution in [1.29, 1.82) is 0 Å². The Morgan fingerprint density at radius 3 is 1.00 bits per heavy atom. The molecule has 0 heterocycles. The Hall–Kier alpha value is 0.215. The molecule has 0 fully saturated rings. The van der Waals surface area contributed by atoms with Crippen LogP contribution < -0.4 is 0 Å². The third-order valence-electron chi connectivity index (χ3n) is 8.12. The minimum Gasteiger partial charge on any atom is -0.418 e. The van der Waals surface area contributed by atoms with Gasteiger partial charge in [-0.25, -0.2) is 0 Å². The van der Waals surface area contributed by atoms with Gasteiger partial charge in [-0.3, -0.25) is 0 Å². The fourth-order valence-electron chi connectivity index (χ4n) is 5.71. The molecule has 0 aromatic heterocycles. The van der Waals surface area contributed by atoms with Crippen LogP contribution in [0, 0.1) is 5.92 Å². The molecule has 2 atom stereocenters.